The minimum Gasteiger partial charge on any atom is -0.490 e. The smallest absolute Gasteiger partial charge is 0.281 e. The molecule has 4 aromatic rings. The van der Waals surface area contributed by atoms with E-state index in [1.807, 2.05) is 85.8 Å². The first kappa shape index (κ1) is 25.7. The van der Waals surface area contributed by atoms with Gasteiger partial charge in [-0.05, 0) is 71.5 Å². The van der Waals surface area contributed by atoms with Gasteiger partial charge in [-0.25, -0.2) is 4.39 Å². The number of hydrogen-bond acceptors (Lipinski definition) is 4. The second-order valence-electron chi connectivity index (χ2n) is 8.47. The summed E-state index contributed by atoms with van der Waals surface area (Å²) in [4.78, 5) is 13.6. The van der Waals surface area contributed by atoms with E-state index < -0.39 is 0 Å². The molecular formula is C31H24FIN2O3. The molecule has 0 saturated heterocycles. The second kappa shape index (κ2) is 11.6. The summed E-state index contributed by atoms with van der Waals surface area (Å²) in [5.41, 5.74) is 3.81. The summed E-state index contributed by atoms with van der Waals surface area (Å²) >= 11 is 2.17. The quantitative estimate of drug-likeness (QED) is 0.155. The Hall–Kier alpha value is -3.98. The van der Waals surface area contributed by atoms with E-state index in [0.29, 0.717) is 40.6 Å². The van der Waals surface area contributed by atoms with Crippen LogP contribution in [0.3, 0.4) is 0 Å². The third-order valence-electron chi connectivity index (χ3n) is 5.90. The first-order valence-electron chi connectivity index (χ1n) is 12.1. The maximum atomic E-state index is 14.1. The maximum Gasteiger partial charge on any atom is 0.281 e. The Morgan fingerprint density at radius 3 is 2.32 bits per heavy atom. The molecule has 0 aliphatic carbocycles. The molecule has 0 unspecified atom stereocenters. The van der Waals surface area contributed by atoms with Gasteiger partial charge in [0.1, 0.15) is 18.1 Å². The number of ether oxygens (including phenoxy) is 2. The normalized spacial score (nSPS) is 14.1. The fraction of sp³-hybridized carbons (Fsp3) is 0.0968. The molecule has 0 atom stereocenters. The molecule has 1 aliphatic rings. The average molecular weight is 618 g/mol. The van der Waals surface area contributed by atoms with Crippen molar-refractivity contribution in [3.8, 4) is 11.5 Å². The molecule has 0 aromatic heterocycles. The maximum absolute atomic E-state index is 14.1. The van der Waals surface area contributed by atoms with Crippen LogP contribution in [0.25, 0.3) is 6.08 Å². The van der Waals surface area contributed by atoms with Gasteiger partial charge in [-0.15, -0.1) is 0 Å². The van der Waals surface area contributed by atoms with Crippen LogP contribution in [0.4, 0.5) is 10.1 Å². The predicted octanol–water partition coefficient (Wildman–Crippen LogP) is 7.24. The molecule has 38 heavy (non-hydrogen) atoms. The van der Waals surface area contributed by atoms with Gasteiger partial charge in [0.25, 0.3) is 5.91 Å². The molecule has 0 spiro atoms. The largest absolute Gasteiger partial charge is 0.490 e. The molecule has 0 radical (unpaired) electrons. The summed E-state index contributed by atoms with van der Waals surface area (Å²) in [5, 5.41) is 6.12. The zero-order chi connectivity index (χ0) is 26.5. The molecule has 0 N–H and O–H groups in total. The zero-order valence-electron chi connectivity index (χ0n) is 20.6. The van der Waals surface area contributed by atoms with Gasteiger partial charge in [0, 0.05) is 11.1 Å². The van der Waals surface area contributed by atoms with Crippen molar-refractivity contribution in [2.75, 3.05) is 11.6 Å². The number of benzene rings is 4. The van der Waals surface area contributed by atoms with Gasteiger partial charge >= 0.3 is 0 Å². The monoisotopic (exact) mass is 618 g/mol. The minimum atomic E-state index is -0.322. The Kier molecular flexibility index (Phi) is 7.83. The van der Waals surface area contributed by atoms with E-state index in [4.69, 9.17) is 14.6 Å². The van der Waals surface area contributed by atoms with Gasteiger partial charge in [-0.2, -0.15) is 10.1 Å². The lowest BCUT2D eigenvalue weighted by molar-refractivity contribution is -0.114. The van der Waals surface area contributed by atoms with Crippen molar-refractivity contribution < 1.29 is 18.7 Å². The average Bonchev–Trinajstić information content (AvgIpc) is 3.26. The second-order valence-corrected chi connectivity index (χ2v) is 9.63. The lowest BCUT2D eigenvalue weighted by atomic mass is 10.00. The number of carbonyl (C=O) groups excluding carboxylic acids is 1. The summed E-state index contributed by atoms with van der Waals surface area (Å²) in [7, 11) is 0. The third-order valence-corrected chi connectivity index (χ3v) is 6.70. The highest BCUT2D eigenvalue weighted by Gasteiger charge is 2.32. The third kappa shape index (κ3) is 5.47. The highest BCUT2D eigenvalue weighted by atomic mass is 127. The molecule has 190 valence electrons. The fourth-order valence-electron chi connectivity index (χ4n) is 4.10. The molecule has 5 rings (SSSR count). The van der Waals surface area contributed by atoms with Crippen molar-refractivity contribution >= 4 is 46.0 Å². The van der Waals surface area contributed by atoms with E-state index in [1.165, 1.54) is 11.1 Å². The van der Waals surface area contributed by atoms with Gasteiger partial charge in [0.15, 0.2) is 11.5 Å². The van der Waals surface area contributed by atoms with E-state index in [-0.39, 0.29) is 18.3 Å². The molecule has 1 amide bonds. The number of carbonyl (C=O) groups is 1. The number of hydrogen-bond donors (Lipinski definition) is 0. The number of para-hydroxylation sites is 1. The van der Waals surface area contributed by atoms with Crippen LogP contribution in [0, 0.1) is 9.39 Å². The summed E-state index contributed by atoms with van der Waals surface area (Å²) in [5.74, 6) is 0.504. The minimum absolute atomic E-state index is 0.0680. The molecule has 7 heteroatoms. The Bertz CT molecular complexity index is 1520. The van der Waals surface area contributed by atoms with E-state index in [9.17, 15) is 9.18 Å². The van der Waals surface area contributed by atoms with Gasteiger partial charge in [-0.3, -0.25) is 4.79 Å². The summed E-state index contributed by atoms with van der Waals surface area (Å²) in [6.07, 6.45) is 1.82. The van der Waals surface area contributed by atoms with Crippen LogP contribution in [0.2, 0.25) is 0 Å². The molecule has 0 fully saturated rings. The first-order chi connectivity index (χ1) is 18.5. The topological polar surface area (TPSA) is 51.1 Å². The van der Waals surface area contributed by atoms with Crippen LogP contribution in [0.1, 0.15) is 23.6 Å². The highest BCUT2D eigenvalue weighted by Crippen LogP contribution is 2.36. The first-order valence-corrected chi connectivity index (χ1v) is 13.2. The van der Waals surface area contributed by atoms with Crippen molar-refractivity contribution in [1.29, 1.82) is 0 Å². The number of rotatable bonds is 8. The van der Waals surface area contributed by atoms with Crippen molar-refractivity contribution in [3.05, 3.63) is 129 Å². The van der Waals surface area contributed by atoms with Crippen LogP contribution < -0.4 is 14.5 Å². The van der Waals surface area contributed by atoms with Gasteiger partial charge < -0.3 is 9.47 Å². The lowest BCUT2D eigenvalue weighted by Crippen LogP contribution is -2.21. The number of halogens is 2. The van der Waals surface area contributed by atoms with Gasteiger partial charge in [0.05, 0.1) is 21.4 Å². The van der Waals surface area contributed by atoms with Crippen molar-refractivity contribution in [3.63, 3.8) is 0 Å². The number of amides is 1. The number of hydrazone groups is 1. The predicted molar refractivity (Wildman–Crippen MR) is 156 cm³/mol. The van der Waals surface area contributed by atoms with E-state index in [0.717, 1.165) is 14.7 Å². The summed E-state index contributed by atoms with van der Waals surface area (Å²) in [6, 6.07) is 29.2. The summed E-state index contributed by atoms with van der Waals surface area (Å²) < 4.78 is 26.8. The fourth-order valence-corrected chi connectivity index (χ4v) is 4.89. The highest BCUT2D eigenvalue weighted by molar-refractivity contribution is 14.1. The SMILES string of the molecule is CCOc1cc(/C=C2\C(=O)N(c3ccccc3)N=C2c2ccccc2)cc(I)c1OCc1ccccc1F. The van der Waals surface area contributed by atoms with Gasteiger partial charge in [0.2, 0.25) is 0 Å². The molecule has 5 nitrogen and oxygen atoms in total. The van der Waals surface area contributed by atoms with E-state index >= 15 is 0 Å². The summed E-state index contributed by atoms with van der Waals surface area (Å²) in [6.45, 7) is 2.37. The van der Waals surface area contributed by atoms with Crippen molar-refractivity contribution in [1.82, 2.24) is 0 Å². The van der Waals surface area contributed by atoms with Crippen LogP contribution in [0.15, 0.2) is 108 Å². The molecule has 1 heterocycles. The van der Waals surface area contributed by atoms with Crippen LogP contribution in [-0.4, -0.2) is 18.2 Å². The number of anilines is 1. The molecule has 0 bridgehead atoms. The molecule has 4 aromatic carbocycles. The van der Waals surface area contributed by atoms with Gasteiger partial charge in [-0.1, -0.05) is 66.7 Å². The number of nitrogens with zero attached hydrogens (tertiary/aromatic N) is 2. The lowest BCUT2D eigenvalue weighted by Gasteiger charge is -2.15. The van der Waals surface area contributed by atoms with Crippen LogP contribution in [0.5, 0.6) is 11.5 Å². The molecule has 0 saturated carbocycles. The van der Waals surface area contributed by atoms with Crippen molar-refractivity contribution in [2.45, 2.75) is 13.5 Å². The standard InChI is InChI=1S/C31H24FIN2O3/c1-2-37-28-19-21(18-27(33)30(28)38-20-23-13-9-10-16-26(23)32)17-25-29(22-11-5-3-6-12-22)34-35(31(25)36)24-14-7-4-8-15-24/h3-19H,2,20H2,1H3/b25-17-. The Morgan fingerprint density at radius 1 is 0.921 bits per heavy atom. The van der Waals surface area contributed by atoms with Crippen molar-refractivity contribution in [2.24, 2.45) is 5.10 Å². The zero-order valence-corrected chi connectivity index (χ0v) is 22.8. The molecule has 1 aliphatic heterocycles. The Balaban J connectivity index is 1.52. The van der Waals surface area contributed by atoms with Crippen LogP contribution in [-0.2, 0) is 11.4 Å². The molecular weight excluding hydrogens is 594 g/mol. The Labute approximate surface area is 234 Å². The van der Waals surface area contributed by atoms with E-state index in [2.05, 4.69) is 22.6 Å². The Morgan fingerprint density at radius 2 is 1.61 bits per heavy atom. The van der Waals surface area contributed by atoms with E-state index in [1.54, 1.807) is 18.2 Å². The van der Waals surface area contributed by atoms with Crippen LogP contribution >= 0.6 is 22.6 Å².